The number of pyridine rings is 1. The van der Waals surface area contributed by atoms with Crippen LogP contribution in [0.3, 0.4) is 0 Å². The zero-order valence-electron chi connectivity index (χ0n) is 10.9. The molecule has 0 saturated carbocycles. The van der Waals surface area contributed by atoms with Crippen LogP contribution in [-0.4, -0.2) is 29.1 Å². The summed E-state index contributed by atoms with van der Waals surface area (Å²) >= 11 is 0. The number of hydrogen-bond acceptors (Lipinski definition) is 5. The lowest BCUT2D eigenvalue weighted by atomic mass is 10.2. The van der Waals surface area contributed by atoms with Gasteiger partial charge in [-0.25, -0.2) is 13.6 Å². The largest absolute Gasteiger partial charge is 0.304 e. The Morgan fingerprint density at radius 1 is 1.45 bits per heavy atom. The first-order valence-corrected chi connectivity index (χ1v) is 7.12. The maximum absolute atomic E-state index is 12.0. The fraction of sp³-hybridized carbons (Fsp3) is 0.182. The van der Waals surface area contributed by atoms with Crippen LogP contribution in [0.25, 0.3) is 0 Å². The number of rotatable bonds is 3. The zero-order valence-corrected chi connectivity index (χ0v) is 11.7. The van der Waals surface area contributed by atoms with Crippen molar-refractivity contribution in [2.24, 2.45) is 12.2 Å². The van der Waals surface area contributed by atoms with Crippen LogP contribution in [0.5, 0.6) is 0 Å². The highest BCUT2D eigenvalue weighted by molar-refractivity contribution is 7.89. The fourth-order valence-electron chi connectivity index (χ4n) is 1.63. The van der Waals surface area contributed by atoms with Crippen molar-refractivity contribution in [2.45, 2.75) is 11.8 Å². The Labute approximate surface area is 115 Å². The summed E-state index contributed by atoms with van der Waals surface area (Å²) in [7, 11) is -2.43. The lowest BCUT2D eigenvalue weighted by Gasteiger charge is -2.04. The van der Waals surface area contributed by atoms with Gasteiger partial charge in [0.05, 0.1) is 0 Å². The van der Waals surface area contributed by atoms with Crippen molar-refractivity contribution in [2.75, 3.05) is 5.32 Å². The van der Waals surface area contributed by atoms with Gasteiger partial charge in [0, 0.05) is 30.7 Å². The van der Waals surface area contributed by atoms with Crippen LogP contribution in [0.4, 0.5) is 5.82 Å². The summed E-state index contributed by atoms with van der Waals surface area (Å²) in [4.78, 5) is 15.8. The van der Waals surface area contributed by atoms with Crippen LogP contribution in [-0.2, 0) is 17.1 Å². The summed E-state index contributed by atoms with van der Waals surface area (Å²) in [5.41, 5.74) is 1.02. The average Bonchev–Trinajstić information content (AvgIpc) is 2.70. The van der Waals surface area contributed by atoms with Crippen molar-refractivity contribution >= 4 is 21.7 Å². The molecule has 3 N–H and O–H groups in total. The number of carbonyl (C=O) groups is 1. The van der Waals surface area contributed by atoms with E-state index in [0.717, 1.165) is 0 Å². The van der Waals surface area contributed by atoms with E-state index in [2.05, 4.69) is 15.4 Å². The Morgan fingerprint density at radius 3 is 2.75 bits per heavy atom. The van der Waals surface area contributed by atoms with Gasteiger partial charge in [-0.2, -0.15) is 5.10 Å². The summed E-state index contributed by atoms with van der Waals surface area (Å²) in [5, 5.41) is 11.4. The lowest BCUT2D eigenvalue weighted by molar-refractivity contribution is 0.102. The monoisotopic (exact) mass is 295 g/mol. The number of anilines is 1. The van der Waals surface area contributed by atoms with Crippen LogP contribution >= 0.6 is 0 Å². The quantitative estimate of drug-likeness (QED) is 0.827. The normalized spacial score (nSPS) is 11.3. The fourth-order valence-corrected chi connectivity index (χ4v) is 2.29. The van der Waals surface area contributed by atoms with Gasteiger partial charge < -0.3 is 5.32 Å². The Morgan fingerprint density at radius 2 is 2.15 bits per heavy atom. The summed E-state index contributed by atoms with van der Waals surface area (Å²) in [6.07, 6.45) is 2.71. The molecule has 0 atom stereocenters. The zero-order chi connectivity index (χ0) is 14.9. The molecule has 106 valence electrons. The molecule has 2 rings (SSSR count). The van der Waals surface area contributed by atoms with E-state index in [1.807, 2.05) is 0 Å². The molecule has 8 nitrogen and oxygen atoms in total. The number of carbonyl (C=O) groups excluding carboxylic acids is 1. The first-order valence-electron chi connectivity index (χ1n) is 5.58. The smallest absolute Gasteiger partial charge is 0.257 e. The Balaban J connectivity index is 2.34. The number of nitrogens with one attached hydrogen (secondary N) is 1. The van der Waals surface area contributed by atoms with Crippen molar-refractivity contribution in [1.29, 1.82) is 0 Å². The molecule has 20 heavy (non-hydrogen) atoms. The summed E-state index contributed by atoms with van der Waals surface area (Å²) in [6.45, 7) is 1.74. The number of sulfonamides is 1. The minimum Gasteiger partial charge on any atom is -0.304 e. The van der Waals surface area contributed by atoms with E-state index < -0.39 is 15.9 Å². The standard InChI is InChI=1S/C11H13N5O3S/c1-7-5-8(3-4-13-7)11(17)14-10-9(20(12,18)19)6-16(2)15-10/h3-6H,1-2H3,(H2,12,18,19)(H,14,15,17). The number of nitrogens with zero attached hydrogens (tertiary/aromatic N) is 3. The SMILES string of the molecule is Cc1cc(C(=O)Nc2nn(C)cc2S(N)(=O)=O)ccn1. The van der Waals surface area contributed by atoms with Crippen LogP contribution in [0.1, 0.15) is 16.1 Å². The minimum atomic E-state index is -3.96. The van der Waals surface area contributed by atoms with E-state index >= 15 is 0 Å². The molecule has 2 aromatic rings. The van der Waals surface area contributed by atoms with Gasteiger partial charge in [-0.1, -0.05) is 0 Å². The third-order valence-electron chi connectivity index (χ3n) is 2.49. The molecule has 0 fully saturated rings. The number of amides is 1. The third-order valence-corrected chi connectivity index (χ3v) is 3.40. The highest BCUT2D eigenvalue weighted by Crippen LogP contribution is 2.18. The molecule has 0 aliphatic heterocycles. The molecule has 0 saturated heterocycles. The minimum absolute atomic E-state index is 0.102. The molecular formula is C11H13N5O3S. The second-order valence-electron chi connectivity index (χ2n) is 4.20. The lowest BCUT2D eigenvalue weighted by Crippen LogP contribution is -2.18. The second-order valence-corrected chi connectivity index (χ2v) is 5.73. The molecule has 1 amide bonds. The van der Waals surface area contributed by atoms with E-state index in [0.29, 0.717) is 11.3 Å². The van der Waals surface area contributed by atoms with Crippen LogP contribution in [0, 0.1) is 6.92 Å². The molecule has 2 aromatic heterocycles. The summed E-state index contributed by atoms with van der Waals surface area (Å²) < 4.78 is 24.1. The highest BCUT2D eigenvalue weighted by atomic mass is 32.2. The summed E-state index contributed by atoms with van der Waals surface area (Å²) in [5.74, 6) is -0.589. The number of nitrogens with two attached hydrogens (primary N) is 1. The molecule has 0 bridgehead atoms. The van der Waals surface area contributed by atoms with Crippen LogP contribution in [0.2, 0.25) is 0 Å². The molecule has 0 spiro atoms. The maximum atomic E-state index is 12.0. The Bertz CT molecular complexity index is 766. The maximum Gasteiger partial charge on any atom is 0.257 e. The van der Waals surface area contributed by atoms with Gasteiger partial charge in [0.1, 0.15) is 4.90 Å². The predicted octanol–water partition coefficient (Wildman–Crippen LogP) is 0.0232. The topological polar surface area (TPSA) is 120 Å². The number of primary sulfonamides is 1. The number of aryl methyl sites for hydroxylation is 2. The highest BCUT2D eigenvalue weighted by Gasteiger charge is 2.20. The van der Waals surface area contributed by atoms with Gasteiger partial charge in [0.2, 0.25) is 10.0 Å². The van der Waals surface area contributed by atoms with Gasteiger partial charge in [-0.3, -0.25) is 14.5 Å². The summed E-state index contributed by atoms with van der Waals surface area (Å²) in [6, 6.07) is 3.09. The Hall–Kier alpha value is -2.26. The van der Waals surface area contributed by atoms with Gasteiger partial charge in [0.25, 0.3) is 5.91 Å². The van der Waals surface area contributed by atoms with E-state index in [9.17, 15) is 13.2 Å². The molecule has 0 aliphatic rings. The van der Waals surface area contributed by atoms with Gasteiger partial charge >= 0.3 is 0 Å². The predicted molar refractivity (Wildman–Crippen MR) is 71.5 cm³/mol. The van der Waals surface area contributed by atoms with Crippen molar-refractivity contribution in [1.82, 2.24) is 14.8 Å². The third kappa shape index (κ3) is 3.00. The van der Waals surface area contributed by atoms with Crippen molar-refractivity contribution < 1.29 is 13.2 Å². The molecule has 0 radical (unpaired) electrons. The van der Waals surface area contributed by atoms with E-state index in [1.54, 1.807) is 13.0 Å². The number of aromatic nitrogens is 3. The Kier molecular flexibility index (Phi) is 3.55. The van der Waals surface area contributed by atoms with Crippen molar-refractivity contribution in [3.05, 3.63) is 35.8 Å². The first kappa shape index (κ1) is 14.2. The van der Waals surface area contributed by atoms with E-state index in [4.69, 9.17) is 5.14 Å². The van der Waals surface area contributed by atoms with Crippen LogP contribution in [0.15, 0.2) is 29.4 Å². The molecule has 9 heteroatoms. The molecule has 0 unspecified atom stereocenters. The molecule has 0 aliphatic carbocycles. The average molecular weight is 295 g/mol. The van der Waals surface area contributed by atoms with Gasteiger partial charge in [-0.05, 0) is 19.1 Å². The van der Waals surface area contributed by atoms with Gasteiger partial charge in [0.15, 0.2) is 5.82 Å². The molecular weight excluding hydrogens is 282 g/mol. The second kappa shape index (κ2) is 5.02. The molecule has 0 aromatic carbocycles. The van der Waals surface area contributed by atoms with E-state index in [1.165, 1.54) is 30.2 Å². The number of hydrogen-bond donors (Lipinski definition) is 2. The first-order chi connectivity index (χ1) is 9.27. The van der Waals surface area contributed by atoms with Gasteiger partial charge in [-0.15, -0.1) is 0 Å². The van der Waals surface area contributed by atoms with Crippen molar-refractivity contribution in [3.63, 3.8) is 0 Å². The van der Waals surface area contributed by atoms with Crippen LogP contribution < -0.4 is 10.5 Å². The van der Waals surface area contributed by atoms with E-state index in [-0.39, 0.29) is 10.7 Å². The van der Waals surface area contributed by atoms with Crippen molar-refractivity contribution in [3.8, 4) is 0 Å². The molecule has 2 heterocycles.